The van der Waals surface area contributed by atoms with Crippen LogP contribution in [0.5, 0.6) is 0 Å². The summed E-state index contributed by atoms with van der Waals surface area (Å²) >= 11 is 5.73. The van der Waals surface area contributed by atoms with E-state index in [0.29, 0.717) is 6.73 Å². The minimum atomic E-state index is -1.01. The fourth-order valence-electron chi connectivity index (χ4n) is 1.73. The van der Waals surface area contributed by atoms with E-state index in [1.54, 1.807) is 0 Å². The summed E-state index contributed by atoms with van der Waals surface area (Å²) in [7, 11) is -1.01. The van der Waals surface area contributed by atoms with Gasteiger partial charge in [-0.2, -0.15) is 0 Å². The van der Waals surface area contributed by atoms with Gasteiger partial charge >= 0.3 is 0 Å². The number of aromatic nitrogens is 2. The third kappa shape index (κ3) is 4.27. The van der Waals surface area contributed by atoms with Crippen molar-refractivity contribution >= 4 is 57.6 Å². The summed E-state index contributed by atoms with van der Waals surface area (Å²) < 4.78 is 9.96. The van der Waals surface area contributed by atoms with E-state index >= 15 is 0 Å². The molecule has 6 heteroatoms. The number of imidazole rings is 1. The highest BCUT2D eigenvalue weighted by Gasteiger charge is 2.13. The molecule has 0 aliphatic heterocycles. The van der Waals surface area contributed by atoms with E-state index in [9.17, 15) is 0 Å². The van der Waals surface area contributed by atoms with Crippen molar-refractivity contribution in [3.8, 4) is 0 Å². The van der Waals surface area contributed by atoms with Crippen LogP contribution in [0.3, 0.4) is 0 Å². The molecule has 0 spiro atoms. The Morgan fingerprint density at radius 2 is 2.11 bits per heavy atom. The van der Waals surface area contributed by atoms with Gasteiger partial charge in [0.15, 0.2) is 3.83 Å². The monoisotopic (exact) mass is 452 g/mol. The third-order valence-electron chi connectivity index (χ3n) is 2.88. The average Bonchev–Trinajstić information content (AvgIpc) is 2.58. The van der Waals surface area contributed by atoms with E-state index in [4.69, 9.17) is 4.74 Å². The van der Waals surface area contributed by atoms with Gasteiger partial charge < -0.3 is 4.74 Å². The molecule has 1 heterocycles. The SMILES string of the molecule is C[Si](C)(C)CCOCn1c(I)nc2cc(Br)ccc21. The molecule has 2 rings (SSSR count). The highest BCUT2D eigenvalue weighted by molar-refractivity contribution is 14.1. The van der Waals surface area contributed by atoms with E-state index in [0.717, 1.165) is 25.9 Å². The zero-order valence-electron chi connectivity index (χ0n) is 11.4. The number of ether oxygens (including phenoxy) is 1. The maximum atomic E-state index is 5.81. The maximum absolute atomic E-state index is 5.81. The number of halogens is 2. The molecule has 0 aliphatic carbocycles. The first-order valence-corrected chi connectivity index (χ1v) is 11.8. The van der Waals surface area contributed by atoms with Crippen LogP contribution in [0.2, 0.25) is 25.7 Å². The molecular formula is C13H18BrIN2OSi. The van der Waals surface area contributed by atoms with Crippen LogP contribution < -0.4 is 0 Å². The van der Waals surface area contributed by atoms with Crippen LogP contribution in [-0.4, -0.2) is 24.2 Å². The Morgan fingerprint density at radius 1 is 1.37 bits per heavy atom. The zero-order chi connectivity index (χ0) is 14.0. The van der Waals surface area contributed by atoms with Crippen LogP contribution in [0.1, 0.15) is 0 Å². The Hall–Kier alpha value is 0.0769. The summed E-state index contributed by atoms with van der Waals surface area (Å²) in [6.07, 6.45) is 0. The molecule has 1 aromatic carbocycles. The molecule has 0 fully saturated rings. The van der Waals surface area contributed by atoms with Gasteiger partial charge in [0.2, 0.25) is 0 Å². The lowest BCUT2D eigenvalue weighted by molar-refractivity contribution is 0.0881. The number of hydrogen-bond acceptors (Lipinski definition) is 2. The second-order valence-electron chi connectivity index (χ2n) is 5.79. The largest absolute Gasteiger partial charge is 0.361 e. The molecule has 19 heavy (non-hydrogen) atoms. The zero-order valence-corrected chi connectivity index (χ0v) is 16.2. The van der Waals surface area contributed by atoms with Gasteiger partial charge in [-0.15, -0.1) is 0 Å². The fourth-order valence-corrected chi connectivity index (χ4v) is 3.50. The summed E-state index contributed by atoms with van der Waals surface area (Å²) in [5, 5.41) is 0. The van der Waals surface area contributed by atoms with Crippen LogP contribution in [0.4, 0.5) is 0 Å². The number of benzene rings is 1. The first kappa shape index (κ1) is 15.5. The molecule has 0 amide bonds. The molecule has 104 valence electrons. The minimum Gasteiger partial charge on any atom is -0.361 e. The maximum Gasteiger partial charge on any atom is 0.174 e. The summed E-state index contributed by atoms with van der Waals surface area (Å²) in [5.41, 5.74) is 2.13. The van der Waals surface area contributed by atoms with Crippen LogP contribution >= 0.6 is 38.5 Å². The fraction of sp³-hybridized carbons (Fsp3) is 0.462. The summed E-state index contributed by atoms with van der Waals surface area (Å²) in [4.78, 5) is 4.55. The molecule has 1 aromatic heterocycles. The highest BCUT2D eigenvalue weighted by Crippen LogP contribution is 2.22. The number of fused-ring (bicyclic) bond motifs is 1. The molecule has 0 N–H and O–H groups in total. The van der Waals surface area contributed by atoms with Crippen LogP contribution in [0.25, 0.3) is 11.0 Å². The summed E-state index contributed by atoms with van der Waals surface area (Å²) in [6.45, 7) is 8.52. The normalized spacial score (nSPS) is 12.3. The summed E-state index contributed by atoms with van der Waals surface area (Å²) in [6, 6.07) is 7.35. The van der Waals surface area contributed by atoms with Crippen LogP contribution in [-0.2, 0) is 11.5 Å². The number of rotatable bonds is 5. The topological polar surface area (TPSA) is 27.1 Å². The Balaban J connectivity index is 2.06. The van der Waals surface area contributed by atoms with Gasteiger partial charge in [-0.1, -0.05) is 35.6 Å². The van der Waals surface area contributed by atoms with E-state index < -0.39 is 8.07 Å². The molecule has 0 aliphatic rings. The van der Waals surface area contributed by atoms with Gasteiger partial charge in [-0.25, -0.2) is 4.98 Å². The molecule has 3 nitrogen and oxygen atoms in total. The van der Waals surface area contributed by atoms with E-state index in [2.05, 4.69) is 73.8 Å². The van der Waals surface area contributed by atoms with E-state index in [1.807, 2.05) is 12.1 Å². The second kappa shape index (κ2) is 6.24. The molecule has 0 saturated heterocycles. The minimum absolute atomic E-state index is 0.584. The van der Waals surface area contributed by atoms with Gasteiger partial charge in [-0.05, 0) is 24.2 Å². The molecule has 0 radical (unpaired) electrons. The Labute approximate surface area is 137 Å². The van der Waals surface area contributed by atoms with Gasteiger partial charge in [0.25, 0.3) is 0 Å². The van der Waals surface area contributed by atoms with Crippen molar-refractivity contribution in [1.29, 1.82) is 0 Å². The van der Waals surface area contributed by atoms with Crippen LogP contribution in [0, 0.1) is 3.83 Å². The van der Waals surface area contributed by atoms with Gasteiger partial charge in [0.1, 0.15) is 6.73 Å². The first-order valence-electron chi connectivity index (χ1n) is 6.26. The predicted octanol–water partition coefficient (Wildman–Crippen LogP) is 4.72. The molecule has 2 aromatic rings. The lowest BCUT2D eigenvalue weighted by atomic mass is 10.3. The lowest BCUT2D eigenvalue weighted by Gasteiger charge is -2.15. The molecule has 0 unspecified atom stereocenters. The lowest BCUT2D eigenvalue weighted by Crippen LogP contribution is -2.22. The number of nitrogens with zero attached hydrogens (tertiary/aromatic N) is 2. The van der Waals surface area contributed by atoms with Gasteiger partial charge in [-0.3, -0.25) is 4.57 Å². The van der Waals surface area contributed by atoms with Crippen molar-refractivity contribution in [1.82, 2.24) is 9.55 Å². The molecule has 0 saturated carbocycles. The van der Waals surface area contributed by atoms with E-state index in [-0.39, 0.29) is 0 Å². The third-order valence-corrected chi connectivity index (χ3v) is 5.90. The van der Waals surface area contributed by atoms with Crippen molar-refractivity contribution in [2.75, 3.05) is 6.61 Å². The van der Waals surface area contributed by atoms with Crippen molar-refractivity contribution in [2.45, 2.75) is 32.4 Å². The predicted molar refractivity (Wildman–Crippen MR) is 94.3 cm³/mol. The Morgan fingerprint density at radius 3 is 2.79 bits per heavy atom. The summed E-state index contributed by atoms with van der Waals surface area (Å²) in [5.74, 6) is 0. The number of hydrogen-bond donors (Lipinski definition) is 0. The van der Waals surface area contributed by atoms with Crippen molar-refractivity contribution in [3.05, 3.63) is 26.5 Å². The van der Waals surface area contributed by atoms with Crippen LogP contribution in [0.15, 0.2) is 22.7 Å². The Bertz CT molecular complexity index is 580. The molecule has 0 bridgehead atoms. The first-order chi connectivity index (χ1) is 8.87. The van der Waals surface area contributed by atoms with E-state index in [1.165, 1.54) is 6.04 Å². The van der Waals surface area contributed by atoms with Gasteiger partial charge in [0, 0.05) is 41.7 Å². The van der Waals surface area contributed by atoms with Crippen molar-refractivity contribution < 1.29 is 4.74 Å². The van der Waals surface area contributed by atoms with Crippen molar-refractivity contribution in [2.24, 2.45) is 0 Å². The second-order valence-corrected chi connectivity index (χ2v) is 13.3. The van der Waals surface area contributed by atoms with Gasteiger partial charge in [0.05, 0.1) is 11.0 Å². The van der Waals surface area contributed by atoms with Crippen molar-refractivity contribution in [3.63, 3.8) is 0 Å². The Kier molecular flexibility index (Phi) is 5.08. The quantitative estimate of drug-likeness (QED) is 0.373. The molecule has 0 atom stereocenters. The molecular weight excluding hydrogens is 435 g/mol. The standard InChI is InChI=1S/C13H18BrIN2OSi/c1-19(2,3)7-6-18-9-17-12-5-4-10(14)8-11(12)16-13(17)15/h4-5,8H,6-7,9H2,1-3H3. The average molecular weight is 453 g/mol. The highest BCUT2D eigenvalue weighted by atomic mass is 127. The smallest absolute Gasteiger partial charge is 0.174 e.